The quantitative estimate of drug-likeness (QED) is 0.578. The predicted octanol–water partition coefficient (Wildman–Crippen LogP) is 2.41. The molecule has 0 unspecified atom stereocenters. The Morgan fingerprint density at radius 1 is 1.44 bits per heavy atom. The molecule has 1 aliphatic rings. The Bertz CT molecular complexity index is 423. The molecular weight excluding hydrogens is 283 g/mol. The van der Waals surface area contributed by atoms with Crippen molar-refractivity contribution in [3.05, 3.63) is 0 Å². The van der Waals surface area contributed by atoms with E-state index < -0.39 is 38.0 Å². The summed E-state index contributed by atoms with van der Waals surface area (Å²) in [4.78, 5) is 11.6. The van der Waals surface area contributed by atoms with Gasteiger partial charge in [0.1, 0.15) is 12.8 Å². The highest BCUT2D eigenvalue weighted by Crippen LogP contribution is 2.49. The van der Waals surface area contributed by atoms with Gasteiger partial charge >= 0.3 is 5.97 Å². The van der Waals surface area contributed by atoms with Gasteiger partial charge in [-0.25, -0.2) is 12.8 Å². The lowest BCUT2D eigenvalue weighted by atomic mass is 9.97. The van der Waals surface area contributed by atoms with E-state index in [1.165, 1.54) is 0 Å². The van der Waals surface area contributed by atoms with Crippen molar-refractivity contribution in [1.29, 1.82) is 0 Å². The van der Waals surface area contributed by atoms with Crippen molar-refractivity contribution in [1.82, 2.24) is 0 Å². The summed E-state index contributed by atoms with van der Waals surface area (Å²) in [5, 5.41) is 0. The number of hydrogen-bond donors (Lipinski definition) is 0. The highest BCUT2D eigenvalue weighted by molar-refractivity contribution is 8.15. The van der Waals surface area contributed by atoms with Crippen molar-refractivity contribution in [2.75, 3.05) is 6.67 Å². The zero-order valence-corrected chi connectivity index (χ0v) is 12.3. The summed E-state index contributed by atoms with van der Waals surface area (Å²) in [6.45, 7) is 4.04. The molecule has 0 saturated heterocycles. The molecule has 4 nitrogen and oxygen atoms in total. The molecule has 0 spiro atoms. The molecule has 0 radical (unpaired) electrons. The highest BCUT2D eigenvalue weighted by Gasteiger charge is 2.55. The number of ether oxygens (including phenoxy) is 1. The van der Waals surface area contributed by atoms with Gasteiger partial charge in [0, 0.05) is 17.1 Å². The molecule has 1 atom stereocenters. The second kappa shape index (κ2) is 4.96. The largest absolute Gasteiger partial charge is 0.459 e. The second-order valence-electron chi connectivity index (χ2n) is 5.76. The van der Waals surface area contributed by atoms with Crippen LogP contribution in [0.3, 0.4) is 0 Å². The van der Waals surface area contributed by atoms with Crippen LogP contribution in [0.25, 0.3) is 0 Å². The normalized spacial score (nSPS) is 20.3. The zero-order chi connectivity index (χ0) is 14.2. The molecule has 0 N–H and O–H groups in total. The molecule has 1 rings (SSSR count). The molecule has 1 saturated carbocycles. The van der Waals surface area contributed by atoms with Crippen LogP contribution in [0.15, 0.2) is 0 Å². The topological polar surface area (TPSA) is 60.4 Å². The number of halogens is 2. The fraction of sp³-hybridized carbons (Fsp3) is 0.909. The summed E-state index contributed by atoms with van der Waals surface area (Å²) in [6.07, 6.45) is -0.338. The van der Waals surface area contributed by atoms with Gasteiger partial charge in [0.05, 0.1) is 10.2 Å². The van der Waals surface area contributed by atoms with E-state index in [0.717, 1.165) is 0 Å². The van der Waals surface area contributed by atoms with E-state index in [1.807, 2.05) is 0 Å². The minimum atomic E-state index is -3.75. The van der Waals surface area contributed by atoms with Gasteiger partial charge in [-0.2, -0.15) is 0 Å². The maximum atomic E-state index is 12.8. The average Bonchev–Trinajstić information content (AvgIpc) is 2.95. The number of carbonyl (C=O) groups is 1. The van der Waals surface area contributed by atoms with Gasteiger partial charge in [0.25, 0.3) is 0 Å². The van der Waals surface area contributed by atoms with Crippen molar-refractivity contribution in [3.63, 3.8) is 0 Å². The maximum Gasteiger partial charge on any atom is 0.311 e. The minimum absolute atomic E-state index is 0.0723. The third-order valence-electron chi connectivity index (χ3n) is 2.98. The average molecular weight is 301 g/mol. The molecular formula is C11H18ClFO4S. The van der Waals surface area contributed by atoms with E-state index in [0.29, 0.717) is 12.8 Å². The van der Waals surface area contributed by atoms with Gasteiger partial charge in [0.2, 0.25) is 9.05 Å². The Morgan fingerprint density at radius 2 is 1.94 bits per heavy atom. The van der Waals surface area contributed by atoms with E-state index in [4.69, 9.17) is 15.4 Å². The molecule has 1 fully saturated rings. The first kappa shape index (κ1) is 15.7. The highest BCUT2D eigenvalue weighted by atomic mass is 35.7. The first-order valence-electron chi connectivity index (χ1n) is 5.73. The molecule has 0 amide bonds. The molecule has 18 heavy (non-hydrogen) atoms. The molecule has 0 heterocycles. The SMILES string of the molecule is CC(C)(C)C(=O)O[C@H](CF)CC1(S(=O)(=O)Cl)CC1. The van der Waals surface area contributed by atoms with Crippen LogP contribution in [-0.4, -0.2) is 31.9 Å². The van der Waals surface area contributed by atoms with Crippen molar-refractivity contribution >= 4 is 25.7 Å². The Labute approximate surface area is 111 Å². The zero-order valence-electron chi connectivity index (χ0n) is 10.7. The van der Waals surface area contributed by atoms with E-state index in [1.54, 1.807) is 20.8 Å². The fourth-order valence-electron chi connectivity index (χ4n) is 1.56. The number of alkyl halides is 1. The van der Waals surface area contributed by atoms with E-state index in [-0.39, 0.29) is 6.42 Å². The van der Waals surface area contributed by atoms with Gasteiger partial charge in [-0.05, 0) is 33.6 Å². The van der Waals surface area contributed by atoms with Crippen LogP contribution in [0.2, 0.25) is 0 Å². The third-order valence-corrected chi connectivity index (χ3v) is 5.57. The van der Waals surface area contributed by atoms with Gasteiger partial charge in [-0.15, -0.1) is 0 Å². The molecule has 0 aromatic heterocycles. The van der Waals surface area contributed by atoms with Gasteiger partial charge < -0.3 is 4.74 Å². The van der Waals surface area contributed by atoms with Crippen molar-refractivity contribution in [2.45, 2.75) is 50.9 Å². The van der Waals surface area contributed by atoms with E-state index in [2.05, 4.69) is 0 Å². The Hall–Kier alpha value is -0.360. The minimum Gasteiger partial charge on any atom is -0.459 e. The second-order valence-corrected chi connectivity index (χ2v) is 8.72. The number of rotatable bonds is 5. The molecule has 1 aliphatic carbocycles. The lowest BCUT2D eigenvalue weighted by Gasteiger charge is -2.23. The van der Waals surface area contributed by atoms with Crippen LogP contribution in [0.4, 0.5) is 4.39 Å². The summed E-state index contributed by atoms with van der Waals surface area (Å²) in [7, 11) is 1.57. The van der Waals surface area contributed by atoms with Crippen LogP contribution in [0.5, 0.6) is 0 Å². The van der Waals surface area contributed by atoms with Crippen LogP contribution >= 0.6 is 10.7 Å². The van der Waals surface area contributed by atoms with Gasteiger partial charge in [-0.1, -0.05) is 0 Å². The third kappa shape index (κ3) is 3.57. The number of carbonyl (C=O) groups excluding carboxylic acids is 1. The van der Waals surface area contributed by atoms with E-state index >= 15 is 0 Å². The molecule has 0 aliphatic heterocycles. The monoisotopic (exact) mass is 300 g/mol. The smallest absolute Gasteiger partial charge is 0.311 e. The molecule has 106 valence electrons. The van der Waals surface area contributed by atoms with Gasteiger partial charge in [-0.3, -0.25) is 4.79 Å². The van der Waals surface area contributed by atoms with Gasteiger partial charge in [0.15, 0.2) is 0 Å². The van der Waals surface area contributed by atoms with Crippen LogP contribution in [-0.2, 0) is 18.6 Å². The molecule has 0 aromatic rings. The summed E-state index contributed by atoms with van der Waals surface area (Å²) in [5.74, 6) is -0.548. The van der Waals surface area contributed by atoms with Crippen molar-refractivity contribution in [2.24, 2.45) is 5.41 Å². The number of hydrogen-bond acceptors (Lipinski definition) is 4. The Morgan fingerprint density at radius 3 is 2.22 bits per heavy atom. The first-order chi connectivity index (χ1) is 8.02. The molecule has 0 aromatic carbocycles. The summed E-state index contributed by atoms with van der Waals surface area (Å²) in [6, 6.07) is 0. The van der Waals surface area contributed by atoms with Crippen molar-refractivity contribution in [3.8, 4) is 0 Å². The lowest BCUT2D eigenvalue weighted by Crippen LogP contribution is -2.33. The first-order valence-corrected chi connectivity index (χ1v) is 8.04. The fourth-order valence-corrected chi connectivity index (χ4v) is 3.18. The van der Waals surface area contributed by atoms with Crippen molar-refractivity contribution < 1.29 is 22.3 Å². The maximum absolute atomic E-state index is 12.8. The summed E-state index contributed by atoms with van der Waals surface area (Å²) in [5.41, 5.74) is -0.746. The predicted molar refractivity (Wildman–Crippen MR) is 66.7 cm³/mol. The lowest BCUT2D eigenvalue weighted by molar-refractivity contribution is -0.159. The van der Waals surface area contributed by atoms with Crippen LogP contribution < -0.4 is 0 Å². The van der Waals surface area contributed by atoms with E-state index in [9.17, 15) is 17.6 Å². The Kier molecular flexibility index (Phi) is 4.33. The number of esters is 1. The van der Waals surface area contributed by atoms with Crippen LogP contribution in [0.1, 0.15) is 40.0 Å². The molecule has 0 bridgehead atoms. The summed E-state index contributed by atoms with van der Waals surface area (Å²) < 4.78 is 39.4. The Balaban J connectivity index is 2.68. The molecule has 7 heteroatoms. The van der Waals surface area contributed by atoms with Crippen LogP contribution in [0, 0.1) is 5.41 Å². The standard InChI is InChI=1S/C11H18ClFO4S/c1-10(2,3)9(14)17-8(7-13)6-11(4-5-11)18(12,15)16/h8H,4-7H2,1-3H3/t8-/m0/s1. The summed E-state index contributed by atoms with van der Waals surface area (Å²) >= 11 is 0.